The Labute approximate surface area is 182 Å². The first kappa shape index (κ1) is 21.3. The number of H-pyrrole nitrogens is 1. The lowest BCUT2D eigenvalue weighted by Crippen LogP contribution is -2.53. The molecule has 1 aromatic heterocycles. The highest BCUT2D eigenvalue weighted by Crippen LogP contribution is 2.45. The maximum absolute atomic E-state index is 13.5. The van der Waals surface area contributed by atoms with Gasteiger partial charge in [-0.25, -0.2) is 4.79 Å². The summed E-state index contributed by atoms with van der Waals surface area (Å²) in [6.07, 6.45) is 3.62. The molecule has 162 valence electrons. The molecule has 0 spiro atoms. The first-order valence-corrected chi connectivity index (χ1v) is 10.7. The van der Waals surface area contributed by atoms with Crippen LogP contribution in [0.2, 0.25) is 0 Å². The van der Waals surface area contributed by atoms with E-state index in [-0.39, 0.29) is 24.2 Å². The molecule has 1 aliphatic rings. The van der Waals surface area contributed by atoms with E-state index in [2.05, 4.69) is 54.1 Å². The summed E-state index contributed by atoms with van der Waals surface area (Å²) in [5, 5.41) is 10.1. The molecule has 2 aromatic carbocycles. The highest BCUT2D eigenvalue weighted by Gasteiger charge is 2.42. The number of hydrogen-bond donors (Lipinski definition) is 2. The Morgan fingerprint density at radius 3 is 2.65 bits per heavy atom. The molecule has 0 bridgehead atoms. The van der Waals surface area contributed by atoms with Gasteiger partial charge in [0.15, 0.2) is 0 Å². The SMILES string of the molecule is C[C@H](CF)CN1[C@H](c2ccc(C=CC(=O)O)cc2)c2[nH]c3ccccc3c2CC1(C)C. The molecule has 0 fully saturated rings. The molecule has 3 aromatic rings. The van der Waals surface area contributed by atoms with Crippen LogP contribution >= 0.6 is 0 Å². The molecular formula is C26H29FN2O2. The van der Waals surface area contributed by atoms with E-state index in [1.807, 2.05) is 25.1 Å². The van der Waals surface area contributed by atoms with Crippen LogP contribution in [0, 0.1) is 5.92 Å². The van der Waals surface area contributed by atoms with Gasteiger partial charge in [0, 0.05) is 34.8 Å². The second-order valence-corrected chi connectivity index (χ2v) is 9.20. The van der Waals surface area contributed by atoms with Crippen molar-refractivity contribution in [3.8, 4) is 0 Å². The van der Waals surface area contributed by atoms with E-state index < -0.39 is 5.97 Å². The molecule has 5 heteroatoms. The Bertz CT molecular complexity index is 1110. The monoisotopic (exact) mass is 420 g/mol. The Balaban J connectivity index is 1.83. The number of benzene rings is 2. The van der Waals surface area contributed by atoms with Crippen molar-refractivity contribution >= 4 is 22.9 Å². The van der Waals surface area contributed by atoms with Gasteiger partial charge in [-0.1, -0.05) is 49.4 Å². The van der Waals surface area contributed by atoms with Gasteiger partial charge in [-0.05, 0) is 55.0 Å². The molecule has 0 aliphatic carbocycles. The molecule has 31 heavy (non-hydrogen) atoms. The molecular weight excluding hydrogens is 391 g/mol. The second-order valence-electron chi connectivity index (χ2n) is 9.20. The van der Waals surface area contributed by atoms with E-state index in [0.717, 1.165) is 29.1 Å². The standard InChI is InChI=1S/C26H29FN2O2/c1-17(15-27)16-29-25(19-11-8-18(9-12-19)10-13-23(30)31)24-21(14-26(29,2)3)20-6-4-5-7-22(20)28-24/h4-13,17,25,28H,14-16H2,1-3H3,(H,30,31)/t17-,25-/m1/s1. The zero-order chi connectivity index (χ0) is 22.2. The molecule has 0 amide bonds. The van der Waals surface area contributed by atoms with Crippen LogP contribution in [0.15, 0.2) is 54.6 Å². The Morgan fingerprint density at radius 2 is 1.97 bits per heavy atom. The van der Waals surface area contributed by atoms with Crippen LogP contribution in [-0.4, -0.2) is 39.7 Å². The normalized spacial score (nSPS) is 19.5. The highest BCUT2D eigenvalue weighted by molar-refractivity contribution is 5.86. The van der Waals surface area contributed by atoms with Gasteiger partial charge >= 0.3 is 5.97 Å². The number of aromatic amines is 1. The molecule has 2 heterocycles. The minimum Gasteiger partial charge on any atom is -0.478 e. The maximum atomic E-state index is 13.5. The van der Waals surface area contributed by atoms with Crippen LogP contribution in [-0.2, 0) is 11.2 Å². The number of aromatic nitrogens is 1. The Kier molecular flexibility index (Phi) is 5.71. The van der Waals surface area contributed by atoms with E-state index >= 15 is 0 Å². The minimum absolute atomic E-state index is 0.0300. The summed E-state index contributed by atoms with van der Waals surface area (Å²) in [5.74, 6) is -1.03. The Hall–Kier alpha value is -2.92. The van der Waals surface area contributed by atoms with Gasteiger partial charge in [0.05, 0.1) is 12.7 Å². The lowest BCUT2D eigenvalue weighted by Gasteiger charge is -2.48. The van der Waals surface area contributed by atoms with Gasteiger partial charge in [0.25, 0.3) is 0 Å². The molecule has 0 unspecified atom stereocenters. The number of rotatable bonds is 6. The number of halogens is 1. The van der Waals surface area contributed by atoms with Gasteiger partial charge in [0.1, 0.15) is 0 Å². The van der Waals surface area contributed by atoms with Crippen molar-refractivity contribution in [1.82, 2.24) is 9.88 Å². The summed E-state index contributed by atoms with van der Waals surface area (Å²) in [5.41, 5.74) is 5.41. The van der Waals surface area contributed by atoms with Gasteiger partial charge in [-0.2, -0.15) is 0 Å². The van der Waals surface area contributed by atoms with E-state index in [1.54, 1.807) is 6.08 Å². The summed E-state index contributed by atoms with van der Waals surface area (Å²) in [6, 6.07) is 16.3. The average molecular weight is 421 g/mol. The summed E-state index contributed by atoms with van der Waals surface area (Å²) in [6.45, 7) is 6.73. The van der Waals surface area contributed by atoms with Crippen LogP contribution in [0.4, 0.5) is 4.39 Å². The summed E-state index contributed by atoms with van der Waals surface area (Å²) in [4.78, 5) is 16.9. The quantitative estimate of drug-likeness (QED) is 0.511. The van der Waals surface area contributed by atoms with E-state index in [1.165, 1.54) is 16.6 Å². The van der Waals surface area contributed by atoms with Crippen molar-refractivity contribution in [1.29, 1.82) is 0 Å². The van der Waals surface area contributed by atoms with E-state index in [9.17, 15) is 9.18 Å². The van der Waals surface area contributed by atoms with Gasteiger partial charge in [-0.15, -0.1) is 0 Å². The Morgan fingerprint density at radius 1 is 1.26 bits per heavy atom. The summed E-state index contributed by atoms with van der Waals surface area (Å²) < 4.78 is 13.5. The lowest BCUT2D eigenvalue weighted by atomic mass is 9.80. The molecule has 0 radical (unpaired) electrons. The number of nitrogens with zero attached hydrogens (tertiary/aromatic N) is 1. The molecule has 2 atom stereocenters. The van der Waals surface area contributed by atoms with Gasteiger partial charge < -0.3 is 10.1 Å². The van der Waals surface area contributed by atoms with Crippen molar-refractivity contribution in [2.24, 2.45) is 5.92 Å². The molecule has 4 rings (SSSR count). The number of para-hydroxylation sites is 1. The zero-order valence-electron chi connectivity index (χ0n) is 18.2. The number of carboxylic acid groups (broad SMARTS) is 1. The number of carbonyl (C=O) groups is 1. The number of nitrogens with one attached hydrogen (secondary N) is 1. The van der Waals surface area contributed by atoms with Gasteiger partial charge in [-0.3, -0.25) is 9.29 Å². The first-order chi connectivity index (χ1) is 14.8. The highest BCUT2D eigenvalue weighted by atomic mass is 19.1. The predicted octanol–water partition coefficient (Wildman–Crippen LogP) is 5.60. The maximum Gasteiger partial charge on any atom is 0.328 e. The molecule has 0 saturated carbocycles. The van der Waals surface area contributed by atoms with E-state index in [0.29, 0.717) is 6.54 Å². The van der Waals surface area contributed by atoms with Crippen molar-refractivity contribution in [2.45, 2.75) is 38.8 Å². The number of carboxylic acids is 1. The third kappa shape index (κ3) is 4.15. The van der Waals surface area contributed by atoms with E-state index in [4.69, 9.17) is 5.11 Å². The smallest absolute Gasteiger partial charge is 0.328 e. The van der Waals surface area contributed by atoms with Crippen LogP contribution < -0.4 is 0 Å². The van der Waals surface area contributed by atoms with Crippen molar-refractivity contribution in [3.05, 3.63) is 77.0 Å². The number of aliphatic carboxylic acids is 1. The van der Waals surface area contributed by atoms with Crippen LogP contribution in [0.25, 0.3) is 17.0 Å². The van der Waals surface area contributed by atoms with Crippen molar-refractivity contribution in [2.75, 3.05) is 13.2 Å². The fourth-order valence-electron chi connectivity index (χ4n) is 4.72. The third-order valence-electron chi connectivity index (χ3n) is 6.26. The third-order valence-corrected chi connectivity index (χ3v) is 6.26. The van der Waals surface area contributed by atoms with Crippen LogP contribution in [0.5, 0.6) is 0 Å². The fraction of sp³-hybridized carbons (Fsp3) is 0.346. The average Bonchev–Trinajstić information content (AvgIpc) is 3.10. The summed E-state index contributed by atoms with van der Waals surface area (Å²) in [7, 11) is 0. The number of alkyl halides is 1. The first-order valence-electron chi connectivity index (χ1n) is 10.7. The van der Waals surface area contributed by atoms with Crippen molar-refractivity contribution < 1.29 is 14.3 Å². The molecule has 1 aliphatic heterocycles. The minimum atomic E-state index is -0.966. The van der Waals surface area contributed by atoms with Crippen LogP contribution in [0.3, 0.4) is 0 Å². The molecule has 0 saturated heterocycles. The largest absolute Gasteiger partial charge is 0.478 e. The molecule has 4 nitrogen and oxygen atoms in total. The topological polar surface area (TPSA) is 56.3 Å². The summed E-state index contributed by atoms with van der Waals surface area (Å²) >= 11 is 0. The second kappa shape index (κ2) is 8.31. The zero-order valence-corrected chi connectivity index (χ0v) is 18.2. The van der Waals surface area contributed by atoms with Crippen LogP contribution in [0.1, 0.15) is 49.2 Å². The van der Waals surface area contributed by atoms with Crippen molar-refractivity contribution in [3.63, 3.8) is 0 Å². The van der Waals surface area contributed by atoms with Gasteiger partial charge in [0.2, 0.25) is 0 Å². The molecule has 2 N–H and O–H groups in total. The predicted molar refractivity (Wildman–Crippen MR) is 123 cm³/mol. The number of fused-ring (bicyclic) bond motifs is 3. The number of hydrogen-bond acceptors (Lipinski definition) is 2. The fourth-order valence-corrected chi connectivity index (χ4v) is 4.72. The lowest BCUT2D eigenvalue weighted by molar-refractivity contribution is -0.131.